The number of phenolic OH excluding ortho intramolecular Hbond substituents is 1. The maximum Gasteiger partial charge on any atom is 0.289 e. The number of H-pyrrole nitrogens is 1. The van der Waals surface area contributed by atoms with Crippen molar-refractivity contribution in [1.29, 1.82) is 0 Å². The van der Waals surface area contributed by atoms with E-state index < -0.39 is 5.91 Å². The summed E-state index contributed by atoms with van der Waals surface area (Å²) in [6.07, 6.45) is 1.46. The molecule has 34 heavy (non-hydrogen) atoms. The second-order valence-electron chi connectivity index (χ2n) is 7.32. The number of aromatic nitrogens is 2. The van der Waals surface area contributed by atoms with E-state index in [4.69, 9.17) is 9.47 Å². The number of benzene rings is 3. The molecule has 0 radical (unpaired) electrons. The minimum Gasteiger partial charge on any atom is -0.504 e. The molecule has 3 aromatic carbocycles. The number of nitrogens with zero attached hydrogens (tertiary/aromatic N) is 2. The van der Waals surface area contributed by atoms with Crippen LogP contribution >= 0.6 is 0 Å². The van der Waals surface area contributed by atoms with E-state index in [0.29, 0.717) is 30.2 Å². The Morgan fingerprint density at radius 3 is 2.62 bits per heavy atom. The number of rotatable bonds is 9. The Kier molecular flexibility index (Phi) is 7.19. The molecule has 0 atom stereocenters. The van der Waals surface area contributed by atoms with Crippen molar-refractivity contribution < 1.29 is 19.4 Å². The molecule has 4 aromatic rings. The molecule has 1 aromatic heterocycles. The van der Waals surface area contributed by atoms with Crippen LogP contribution in [0.5, 0.6) is 17.2 Å². The molecular formula is C26H24N4O4. The predicted octanol–water partition coefficient (Wildman–Crippen LogP) is 4.52. The largest absolute Gasteiger partial charge is 0.504 e. The Bertz CT molecular complexity index is 1270. The molecule has 4 rings (SSSR count). The van der Waals surface area contributed by atoms with E-state index in [2.05, 4.69) is 20.7 Å². The fourth-order valence-electron chi connectivity index (χ4n) is 3.16. The molecule has 1 amide bonds. The molecule has 0 bridgehead atoms. The van der Waals surface area contributed by atoms with E-state index >= 15 is 0 Å². The second kappa shape index (κ2) is 10.8. The van der Waals surface area contributed by atoms with Crippen molar-refractivity contribution >= 4 is 12.1 Å². The number of ether oxygens (including phenoxy) is 2. The third-order valence-electron chi connectivity index (χ3n) is 4.88. The molecule has 1 heterocycles. The molecule has 172 valence electrons. The van der Waals surface area contributed by atoms with Gasteiger partial charge in [0.25, 0.3) is 5.91 Å². The molecule has 0 saturated heterocycles. The van der Waals surface area contributed by atoms with Gasteiger partial charge in [-0.05, 0) is 66.6 Å². The smallest absolute Gasteiger partial charge is 0.289 e. The van der Waals surface area contributed by atoms with Gasteiger partial charge in [-0.25, -0.2) is 5.43 Å². The Morgan fingerprint density at radius 1 is 1.06 bits per heavy atom. The SMILES string of the molecule is CCOc1cc(C=NNC(=O)c2cc(-c3ccc(OCc4ccccc4)cc3)n[nH]2)ccc1O. The maximum absolute atomic E-state index is 12.4. The van der Waals surface area contributed by atoms with Crippen LogP contribution in [-0.4, -0.2) is 34.0 Å². The fraction of sp³-hybridized carbons (Fsp3) is 0.115. The zero-order chi connectivity index (χ0) is 23.8. The van der Waals surface area contributed by atoms with Gasteiger partial charge in [0.05, 0.1) is 18.5 Å². The first-order chi connectivity index (χ1) is 16.6. The van der Waals surface area contributed by atoms with E-state index in [-0.39, 0.29) is 11.4 Å². The maximum atomic E-state index is 12.4. The minimum atomic E-state index is -0.429. The normalized spacial score (nSPS) is 10.9. The van der Waals surface area contributed by atoms with Gasteiger partial charge < -0.3 is 14.6 Å². The Labute approximate surface area is 196 Å². The topological polar surface area (TPSA) is 109 Å². The van der Waals surface area contributed by atoms with Gasteiger partial charge in [-0.1, -0.05) is 30.3 Å². The fourth-order valence-corrected chi connectivity index (χ4v) is 3.16. The monoisotopic (exact) mass is 456 g/mol. The molecule has 0 saturated carbocycles. The first-order valence-corrected chi connectivity index (χ1v) is 10.7. The molecule has 0 spiro atoms. The van der Waals surface area contributed by atoms with Crippen LogP contribution in [0.1, 0.15) is 28.5 Å². The van der Waals surface area contributed by atoms with Gasteiger partial charge in [0.15, 0.2) is 11.5 Å². The lowest BCUT2D eigenvalue weighted by Gasteiger charge is -2.06. The average molecular weight is 457 g/mol. The molecule has 0 aliphatic rings. The van der Waals surface area contributed by atoms with Crippen molar-refractivity contribution in [2.24, 2.45) is 5.10 Å². The van der Waals surface area contributed by atoms with E-state index in [1.54, 1.807) is 18.2 Å². The number of nitrogens with one attached hydrogen (secondary N) is 2. The van der Waals surface area contributed by atoms with Gasteiger partial charge in [-0.2, -0.15) is 10.2 Å². The molecule has 8 nitrogen and oxygen atoms in total. The second-order valence-corrected chi connectivity index (χ2v) is 7.32. The number of hydrogen-bond acceptors (Lipinski definition) is 6. The highest BCUT2D eigenvalue weighted by molar-refractivity contribution is 5.94. The summed E-state index contributed by atoms with van der Waals surface area (Å²) in [5.74, 6) is 0.718. The van der Waals surface area contributed by atoms with Crippen molar-refractivity contribution in [2.75, 3.05) is 6.61 Å². The number of hydrazone groups is 1. The highest BCUT2D eigenvalue weighted by atomic mass is 16.5. The van der Waals surface area contributed by atoms with Gasteiger partial charge in [0.1, 0.15) is 18.1 Å². The lowest BCUT2D eigenvalue weighted by molar-refractivity contribution is 0.0950. The first-order valence-electron chi connectivity index (χ1n) is 10.7. The van der Waals surface area contributed by atoms with Crippen molar-refractivity contribution in [3.05, 3.63) is 95.7 Å². The number of aromatic amines is 1. The van der Waals surface area contributed by atoms with Gasteiger partial charge in [0.2, 0.25) is 0 Å². The van der Waals surface area contributed by atoms with Crippen LogP contribution < -0.4 is 14.9 Å². The van der Waals surface area contributed by atoms with E-state index in [1.165, 1.54) is 12.3 Å². The van der Waals surface area contributed by atoms with E-state index in [0.717, 1.165) is 16.9 Å². The third-order valence-corrected chi connectivity index (χ3v) is 4.88. The zero-order valence-electron chi connectivity index (χ0n) is 18.6. The Balaban J connectivity index is 1.34. The summed E-state index contributed by atoms with van der Waals surface area (Å²) >= 11 is 0. The first kappa shape index (κ1) is 22.6. The van der Waals surface area contributed by atoms with E-state index in [9.17, 15) is 9.90 Å². The average Bonchev–Trinajstić information content (AvgIpc) is 3.36. The molecule has 8 heteroatoms. The quantitative estimate of drug-likeness (QED) is 0.253. The molecule has 0 unspecified atom stereocenters. The lowest BCUT2D eigenvalue weighted by atomic mass is 10.1. The molecule has 3 N–H and O–H groups in total. The number of hydrogen-bond donors (Lipinski definition) is 3. The van der Waals surface area contributed by atoms with Gasteiger partial charge in [-0.3, -0.25) is 9.89 Å². The highest BCUT2D eigenvalue weighted by Crippen LogP contribution is 2.26. The molecule has 0 aliphatic heterocycles. The third kappa shape index (κ3) is 5.80. The summed E-state index contributed by atoms with van der Waals surface area (Å²) in [6.45, 7) is 2.74. The molecular weight excluding hydrogens is 432 g/mol. The van der Waals surface area contributed by atoms with Crippen molar-refractivity contribution in [3.8, 4) is 28.5 Å². The van der Waals surface area contributed by atoms with Crippen LogP contribution in [0.3, 0.4) is 0 Å². The van der Waals surface area contributed by atoms with Crippen molar-refractivity contribution in [2.45, 2.75) is 13.5 Å². The molecule has 0 aliphatic carbocycles. The number of carbonyl (C=O) groups is 1. The van der Waals surface area contributed by atoms with Gasteiger partial charge >= 0.3 is 0 Å². The summed E-state index contributed by atoms with van der Waals surface area (Å²) in [6, 6.07) is 23.9. The Morgan fingerprint density at radius 2 is 1.85 bits per heavy atom. The highest BCUT2D eigenvalue weighted by Gasteiger charge is 2.11. The van der Waals surface area contributed by atoms with Crippen LogP contribution in [0.2, 0.25) is 0 Å². The summed E-state index contributed by atoms with van der Waals surface area (Å²) in [5.41, 5.74) is 5.97. The number of aromatic hydroxyl groups is 1. The summed E-state index contributed by atoms with van der Waals surface area (Å²) in [4.78, 5) is 12.4. The minimum absolute atomic E-state index is 0.0452. The van der Waals surface area contributed by atoms with E-state index in [1.807, 2.05) is 61.5 Å². The standard InChI is InChI=1S/C26H24N4O4/c1-2-33-25-14-19(8-13-24(25)31)16-27-30-26(32)23-15-22(28-29-23)20-9-11-21(12-10-20)34-17-18-6-4-3-5-7-18/h3-16,31H,2,17H2,1H3,(H,28,29)(H,30,32). The zero-order valence-corrected chi connectivity index (χ0v) is 18.6. The van der Waals surface area contributed by atoms with Gasteiger partial charge in [-0.15, -0.1) is 0 Å². The molecule has 0 fully saturated rings. The van der Waals surface area contributed by atoms with Gasteiger partial charge in [0, 0.05) is 5.56 Å². The number of phenols is 1. The summed E-state index contributed by atoms with van der Waals surface area (Å²) in [5, 5.41) is 20.7. The van der Waals surface area contributed by atoms with Crippen molar-refractivity contribution in [3.63, 3.8) is 0 Å². The van der Waals surface area contributed by atoms with Crippen LogP contribution in [-0.2, 0) is 6.61 Å². The summed E-state index contributed by atoms with van der Waals surface area (Å²) in [7, 11) is 0. The van der Waals surface area contributed by atoms with Crippen LogP contribution in [0.25, 0.3) is 11.3 Å². The van der Waals surface area contributed by atoms with Crippen molar-refractivity contribution in [1.82, 2.24) is 15.6 Å². The van der Waals surface area contributed by atoms with Crippen LogP contribution in [0.15, 0.2) is 84.0 Å². The summed E-state index contributed by atoms with van der Waals surface area (Å²) < 4.78 is 11.1. The van der Waals surface area contributed by atoms with Crippen LogP contribution in [0, 0.1) is 0 Å². The van der Waals surface area contributed by atoms with Crippen LogP contribution in [0.4, 0.5) is 0 Å². The predicted molar refractivity (Wildman–Crippen MR) is 129 cm³/mol. The number of amides is 1. The Hall–Kier alpha value is -4.59. The lowest BCUT2D eigenvalue weighted by Crippen LogP contribution is -2.18. The number of carbonyl (C=O) groups excluding carboxylic acids is 1.